The van der Waals surface area contributed by atoms with E-state index in [1.165, 1.54) is 0 Å². The van der Waals surface area contributed by atoms with E-state index in [-0.39, 0.29) is 5.41 Å². The molecule has 2 aliphatic rings. The lowest BCUT2D eigenvalue weighted by atomic mass is 10.0. The topological polar surface area (TPSA) is 49.6 Å². The van der Waals surface area contributed by atoms with Gasteiger partial charge in [-0.15, -0.1) is 0 Å². The normalized spacial score (nSPS) is 33.9. The van der Waals surface area contributed by atoms with Crippen molar-refractivity contribution in [2.45, 2.75) is 38.8 Å². The van der Waals surface area contributed by atoms with Gasteiger partial charge in [0.1, 0.15) is 0 Å². The molecule has 0 aromatic heterocycles. The molecule has 2 N–H and O–H groups in total. The van der Waals surface area contributed by atoms with Crippen molar-refractivity contribution in [3.05, 3.63) is 0 Å². The van der Waals surface area contributed by atoms with E-state index in [2.05, 4.69) is 25.8 Å². The molecule has 1 amide bonds. The molecule has 0 radical (unpaired) electrons. The van der Waals surface area contributed by atoms with Crippen molar-refractivity contribution in [3.63, 3.8) is 0 Å². The summed E-state index contributed by atoms with van der Waals surface area (Å²) in [6.07, 6.45) is 1.97. The molecule has 2 fully saturated rings. The molecule has 4 heteroatoms. The highest BCUT2D eigenvalue weighted by Gasteiger charge is 2.51. The number of amides is 1. The number of carbonyl (C=O) groups is 1. The van der Waals surface area contributed by atoms with Crippen molar-refractivity contribution in [1.29, 1.82) is 0 Å². The lowest BCUT2D eigenvalue weighted by Crippen LogP contribution is -2.58. The van der Waals surface area contributed by atoms with Gasteiger partial charge in [-0.1, -0.05) is 0 Å². The first-order valence-electron chi connectivity index (χ1n) is 6.21. The molecule has 1 aliphatic heterocycles. The average Bonchev–Trinajstić information content (AvgIpc) is 3.05. The summed E-state index contributed by atoms with van der Waals surface area (Å²) in [6, 6.07) is 0.891. The van der Waals surface area contributed by atoms with E-state index in [1.807, 2.05) is 4.90 Å². The highest BCUT2D eigenvalue weighted by atomic mass is 16.2. The Morgan fingerprint density at radius 2 is 1.81 bits per heavy atom. The highest BCUT2D eigenvalue weighted by molar-refractivity contribution is 5.85. The molecule has 16 heavy (non-hydrogen) atoms. The molecule has 4 nitrogen and oxygen atoms in total. The molecule has 0 aromatic rings. The zero-order chi connectivity index (χ0) is 11.9. The van der Waals surface area contributed by atoms with E-state index in [4.69, 9.17) is 5.73 Å². The second-order valence-corrected chi connectivity index (χ2v) is 5.56. The summed E-state index contributed by atoms with van der Waals surface area (Å²) >= 11 is 0. The van der Waals surface area contributed by atoms with Gasteiger partial charge in [0.05, 0.1) is 5.41 Å². The smallest absolute Gasteiger partial charge is 0.230 e. The van der Waals surface area contributed by atoms with E-state index in [1.54, 1.807) is 0 Å². The molecule has 2 unspecified atom stereocenters. The maximum absolute atomic E-state index is 12.3. The summed E-state index contributed by atoms with van der Waals surface area (Å²) in [5, 5.41) is 0. The Bertz CT molecular complexity index is 276. The van der Waals surface area contributed by atoms with Crippen LogP contribution in [0.3, 0.4) is 0 Å². The second kappa shape index (κ2) is 4.00. The van der Waals surface area contributed by atoms with E-state index >= 15 is 0 Å². The summed E-state index contributed by atoms with van der Waals surface area (Å²) < 4.78 is 0. The number of rotatable bonds is 2. The van der Waals surface area contributed by atoms with Gasteiger partial charge in [0.25, 0.3) is 0 Å². The third-order valence-electron chi connectivity index (χ3n) is 4.34. The minimum Gasteiger partial charge on any atom is -0.339 e. The number of carbonyl (C=O) groups excluding carboxylic acids is 1. The van der Waals surface area contributed by atoms with Gasteiger partial charge in [-0.2, -0.15) is 0 Å². The van der Waals surface area contributed by atoms with Crippen LogP contribution in [0.5, 0.6) is 0 Å². The molecule has 0 bridgehead atoms. The van der Waals surface area contributed by atoms with Crippen molar-refractivity contribution in [1.82, 2.24) is 9.80 Å². The Kier molecular flexibility index (Phi) is 2.97. The quantitative estimate of drug-likeness (QED) is 0.734. The zero-order valence-electron chi connectivity index (χ0n) is 10.6. The van der Waals surface area contributed by atoms with Gasteiger partial charge in [0.15, 0.2) is 0 Å². The van der Waals surface area contributed by atoms with Crippen LogP contribution in [0.2, 0.25) is 0 Å². The van der Waals surface area contributed by atoms with Gasteiger partial charge >= 0.3 is 0 Å². The van der Waals surface area contributed by atoms with Crippen LogP contribution < -0.4 is 5.73 Å². The van der Waals surface area contributed by atoms with Crippen LogP contribution >= 0.6 is 0 Å². The zero-order valence-corrected chi connectivity index (χ0v) is 10.6. The monoisotopic (exact) mass is 225 g/mol. The number of nitrogens with zero attached hydrogens (tertiary/aromatic N) is 2. The molecule has 1 heterocycles. The minimum absolute atomic E-state index is 0.185. The third-order valence-corrected chi connectivity index (χ3v) is 4.34. The molecule has 2 rings (SSSR count). The number of hydrogen-bond donors (Lipinski definition) is 1. The molecular formula is C12H23N3O. The number of piperazine rings is 1. The van der Waals surface area contributed by atoms with Crippen LogP contribution in [0.15, 0.2) is 0 Å². The van der Waals surface area contributed by atoms with Crippen LogP contribution in [0.1, 0.15) is 26.7 Å². The fourth-order valence-corrected chi connectivity index (χ4v) is 2.56. The minimum atomic E-state index is -0.185. The van der Waals surface area contributed by atoms with Gasteiger partial charge in [-0.3, -0.25) is 9.69 Å². The van der Waals surface area contributed by atoms with Crippen molar-refractivity contribution in [3.8, 4) is 0 Å². The van der Waals surface area contributed by atoms with E-state index in [0.717, 1.165) is 25.9 Å². The molecule has 1 saturated carbocycles. The Labute approximate surface area is 97.8 Å². The standard InChI is InChI=1S/C12H23N3O/c1-9-6-15(7-10(2)14(9)3)11(16)12(8-13)4-5-12/h9-10H,4-8,13H2,1-3H3. The molecular weight excluding hydrogens is 202 g/mol. The van der Waals surface area contributed by atoms with Gasteiger partial charge in [0.2, 0.25) is 5.91 Å². The number of likely N-dealkylation sites (N-methyl/N-ethyl adjacent to an activating group) is 1. The summed E-state index contributed by atoms with van der Waals surface area (Å²) in [5.41, 5.74) is 5.53. The summed E-state index contributed by atoms with van der Waals surface area (Å²) in [4.78, 5) is 16.7. The number of hydrogen-bond acceptors (Lipinski definition) is 3. The summed E-state index contributed by atoms with van der Waals surface area (Å²) in [7, 11) is 2.13. The first kappa shape index (κ1) is 11.9. The number of nitrogens with two attached hydrogens (primary N) is 1. The maximum atomic E-state index is 12.3. The largest absolute Gasteiger partial charge is 0.339 e. The average molecular weight is 225 g/mol. The Morgan fingerprint density at radius 1 is 1.31 bits per heavy atom. The van der Waals surface area contributed by atoms with Crippen LogP contribution in [0, 0.1) is 5.41 Å². The molecule has 92 valence electrons. The van der Waals surface area contributed by atoms with E-state index in [9.17, 15) is 4.79 Å². The Hall–Kier alpha value is -0.610. The molecule has 1 saturated heterocycles. The van der Waals surface area contributed by atoms with Gasteiger partial charge in [-0.25, -0.2) is 0 Å². The van der Waals surface area contributed by atoms with Crippen molar-refractivity contribution in [2.24, 2.45) is 11.1 Å². The molecule has 2 atom stereocenters. The summed E-state index contributed by atoms with van der Waals surface area (Å²) in [6.45, 7) is 6.57. The SMILES string of the molecule is CC1CN(C(=O)C2(CN)CC2)CC(C)N1C. The summed E-state index contributed by atoms with van der Waals surface area (Å²) in [5.74, 6) is 0.293. The first-order valence-corrected chi connectivity index (χ1v) is 6.21. The third kappa shape index (κ3) is 1.84. The van der Waals surface area contributed by atoms with Gasteiger partial charge in [-0.05, 0) is 33.7 Å². The van der Waals surface area contributed by atoms with Crippen LogP contribution in [-0.2, 0) is 4.79 Å². The van der Waals surface area contributed by atoms with Crippen LogP contribution in [0.25, 0.3) is 0 Å². The molecule has 1 aliphatic carbocycles. The van der Waals surface area contributed by atoms with Crippen molar-refractivity contribution >= 4 is 5.91 Å². The lowest BCUT2D eigenvalue weighted by Gasteiger charge is -2.43. The molecule has 0 spiro atoms. The Balaban J connectivity index is 2.03. The predicted octanol–water partition coefficient (Wildman–Crippen LogP) is 0.276. The fourth-order valence-electron chi connectivity index (χ4n) is 2.56. The van der Waals surface area contributed by atoms with E-state index in [0.29, 0.717) is 24.5 Å². The first-order chi connectivity index (χ1) is 7.50. The van der Waals surface area contributed by atoms with Crippen molar-refractivity contribution < 1.29 is 4.79 Å². The molecule has 0 aromatic carbocycles. The lowest BCUT2D eigenvalue weighted by molar-refractivity contribution is -0.140. The second-order valence-electron chi connectivity index (χ2n) is 5.56. The predicted molar refractivity (Wildman–Crippen MR) is 64.0 cm³/mol. The van der Waals surface area contributed by atoms with Crippen LogP contribution in [-0.4, -0.2) is 54.5 Å². The highest BCUT2D eigenvalue weighted by Crippen LogP contribution is 2.46. The van der Waals surface area contributed by atoms with Gasteiger partial charge in [0, 0.05) is 31.7 Å². The van der Waals surface area contributed by atoms with Crippen LogP contribution in [0.4, 0.5) is 0 Å². The van der Waals surface area contributed by atoms with Crippen molar-refractivity contribution in [2.75, 3.05) is 26.7 Å². The fraction of sp³-hybridized carbons (Fsp3) is 0.917. The Morgan fingerprint density at radius 3 is 2.19 bits per heavy atom. The maximum Gasteiger partial charge on any atom is 0.230 e. The van der Waals surface area contributed by atoms with E-state index < -0.39 is 0 Å². The van der Waals surface area contributed by atoms with Gasteiger partial charge < -0.3 is 10.6 Å².